The average molecular weight is 266 g/mol. The van der Waals surface area contributed by atoms with Crippen LogP contribution in [0.15, 0.2) is 0 Å². The molecule has 16 heavy (non-hydrogen) atoms. The number of hydrogen-bond donors (Lipinski definition) is 0. The van der Waals surface area contributed by atoms with Gasteiger partial charge in [-0.2, -0.15) is 22.0 Å². The number of hydrogen-bond acceptors (Lipinski definition) is 3. The predicted molar refractivity (Wildman–Crippen MR) is 49.1 cm³/mol. The SMILES string of the molecule is CC(=O)OSCCCCC(F)(F)C(F)(F)F. The van der Waals surface area contributed by atoms with Crippen molar-refractivity contribution in [3.63, 3.8) is 0 Å². The minimum absolute atomic E-state index is 0.129. The van der Waals surface area contributed by atoms with E-state index < -0.39 is 24.5 Å². The van der Waals surface area contributed by atoms with E-state index in [0.29, 0.717) is 0 Å². The minimum Gasteiger partial charge on any atom is -0.392 e. The average Bonchev–Trinajstić information content (AvgIpc) is 2.08. The maximum atomic E-state index is 12.4. The lowest BCUT2D eigenvalue weighted by molar-refractivity contribution is -0.284. The maximum Gasteiger partial charge on any atom is 0.453 e. The first-order chi connectivity index (χ1) is 7.17. The van der Waals surface area contributed by atoms with Gasteiger partial charge in [0.15, 0.2) is 0 Å². The van der Waals surface area contributed by atoms with Crippen LogP contribution < -0.4 is 0 Å². The van der Waals surface area contributed by atoms with Crippen molar-refractivity contribution in [1.82, 2.24) is 0 Å². The van der Waals surface area contributed by atoms with Crippen molar-refractivity contribution >= 4 is 18.0 Å². The molecule has 0 rings (SSSR count). The normalized spacial score (nSPS) is 12.6. The van der Waals surface area contributed by atoms with Crippen molar-refractivity contribution in [3.05, 3.63) is 0 Å². The van der Waals surface area contributed by atoms with Crippen molar-refractivity contribution in [2.45, 2.75) is 38.3 Å². The molecule has 0 aliphatic heterocycles. The molecule has 0 N–H and O–H groups in total. The van der Waals surface area contributed by atoms with Crippen molar-refractivity contribution in [2.24, 2.45) is 0 Å². The number of rotatable bonds is 6. The highest BCUT2D eigenvalue weighted by Crippen LogP contribution is 2.39. The summed E-state index contributed by atoms with van der Waals surface area (Å²) < 4.78 is 64.2. The van der Waals surface area contributed by atoms with Gasteiger partial charge in [0.25, 0.3) is 0 Å². The van der Waals surface area contributed by atoms with E-state index in [4.69, 9.17) is 0 Å². The maximum absolute atomic E-state index is 12.4. The third kappa shape index (κ3) is 6.14. The molecule has 0 unspecified atom stereocenters. The summed E-state index contributed by atoms with van der Waals surface area (Å²) in [5, 5.41) is 0. The van der Waals surface area contributed by atoms with Gasteiger partial charge in [-0.25, -0.2) is 0 Å². The number of alkyl halides is 5. The Balaban J connectivity index is 3.63. The topological polar surface area (TPSA) is 26.3 Å². The van der Waals surface area contributed by atoms with Gasteiger partial charge >= 0.3 is 18.1 Å². The Labute approximate surface area is 93.7 Å². The van der Waals surface area contributed by atoms with Gasteiger partial charge in [0, 0.05) is 19.1 Å². The Morgan fingerprint density at radius 3 is 2.19 bits per heavy atom. The van der Waals surface area contributed by atoms with E-state index >= 15 is 0 Å². The summed E-state index contributed by atoms with van der Waals surface area (Å²) >= 11 is 0.744. The molecule has 0 saturated carbocycles. The first-order valence-electron chi connectivity index (χ1n) is 4.41. The van der Waals surface area contributed by atoms with E-state index in [1.165, 1.54) is 6.92 Å². The molecule has 0 bridgehead atoms. The van der Waals surface area contributed by atoms with Gasteiger partial charge < -0.3 is 4.18 Å². The highest BCUT2D eigenvalue weighted by molar-refractivity contribution is 7.95. The summed E-state index contributed by atoms with van der Waals surface area (Å²) in [6, 6.07) is 0. The zero-order chi connectivity index (χ0) is 12.8. The standard InChI is InChI=1S/C8H11F5O2S/c1-6(14)15-16-5-3-2-4-7(9,10)8(11,12)13/h2-5H2,1H3. The molecule has 2 nitrogen and oxygen atoms in total. The van der Waals surface area contributed by atoms with Crippen LogP contribution in [0.25, 0.3) is 0 Å². The lowest BCUT2D eigenvalue weighted by Crippen LogP contribution is -2.36. The second-order valence-corrected chi connectivity index (χ2v) is 3.87. The molecule has 96 valence electrons. The van der Waals surface area contributed by atoms with E-state index in [0.717, 1.165) is 12.0 Å². The van der Waals surface area contributed by atoms with Crippen LogP contribution in [0.4, 0.5) is 22.0 Å². The number of carbonyl (C=O) groups excluding carboxylic acids is 1. The Morgan fingerprint density at radius 2 is 1.75 bits per heavy atom. The fourth-order valence-electron chi connectivity index (χ4n) is 0.774. The molecule has 0 saturated heterocycles. The van der Waals surface area contributed by atoms with E-state index in [1.807, 2.05) is 0 Å². The summed E-state index contributed by atoms with van der Waals surface area (Å²) in [5.74, 6) is -4.97. The third-order valence-electron chi connectivity index (χ3n) is 1.56. The molecule has 0 aromatic carbocycles. The predicted octanol–water partition coefficient (Wildman–Crippen LogP) is 3.57. The highest BCUT2D eigenvalue weighted by Gasteiger charge is 2.56. The zero-order valence-electron chi connectivity index (χ0n) is 8.44. The van der Waals surface area contributed by atoms with Crippen LogP contribution in [0.5, 0.6) is 0 Å². The molecule has 0 fully saturated rings. The Kier molecular flexibility index (Phi) is 6.06. The number of unbranched alkanes of at least 4 members (excludes halogenated alkanes) is 1. The fraction of sp³-hybridized carbons (Fsp3) is 0.875. The van der Waals surface area contributed by atoms with E-state index in [2.05, 4.69) is 4.18 Å². The second kappa shape index (κ2) is 6.27. The van der Waals surface area contributed by atoms with E-state index in [1.54, 1.807) is 0 Å². The van der Waals surface area contributed by atoms with Gasteiger partial charge in [0.2, 0.25) is 0 Å². The lowest BCUT2D eigenvalue weighted by atomic mass is 10.1. The van der Waals surface area contributed by atoms with Crippen LogP contribution in [0.2, 0.25) is 0 Å². The molecule has 0 radical (unpaired) electrons. The zero-order valence-corrected chi connectivity index (χ0v) is 9.26. The lowest BCUT2D eigenvalue weighted by Gasteiger charge is -2.18. The first kappa shape index (κ1) is 15.5. The van der Waals surface area contributed by atoms with Gasteiger partial charge in [0.1, 0.15) is 0 Å². The molecule has 0 amide bonds. The highest BCUT2D eigenvalue weighted by atomic mass is 32.2. The fourth-order valence-corrected chi connectivity index (χ4v) is 1.35. The van der Waals surface area contributed by atoms with Crippen molar-refractivity contribution in [1.29, 1.82) is 0 Å². The molecule has 0 atom stereocenters. The minimum atomic E-state index is -5.49. The summed E-state index contributed by atoms with van der Waals surface area (Å²) in [4.78, 5) is 10.3. The molecular weight excluding hydrogens is 255 g/mol. The van der Waals surface area contributed by atoms with Crippen molar-refractivity contribution in [2.75, 3.05) is 5.75 Å². The van der Waals surface area contributed by atoms with Crippen LogP contribution in [-0.4, -0.2) is 23.8 Å². The molecule has 0 spiro atoms. The summed E-state index contributed by atoms with van der Waals surface area (Å²) in [6.07, 6.45) is -6.88. The quantitative estimate of drug-likeness (QED) is 0.417. The van der Waals surface area contributed by atoms with Gasteiger partial charge in [-0.3, -0.25) is 4.79 Å². The van der Waals surface area contributed by atoms with Crippen LogP contribution in [0.1, 0.15) is 26.2 Å². The Bertz CT molecular complexity index is 229. The second-order valence-electron chi connectivity index (χ2n) is 3.06. The Hall–Kier alpha value is -0.530. The van der Waals surface area contributed by atoms with Crippen molar-refractivity contribution < 1.29 is 30.9 Å². The largest absolute Gasteiger partial charge is 0.453 e. The summed E-state index contributed by atoms with van der Waals surface area (Å²) in [6.45, 7) is 1.17. The summed E-state index contributed by atoms with van der Waals surface area (Å²) in [5.41, 5.74) is 0. The van der Waals surface area contributed by atoms with Crippen LogP contribution >= 0.6 is 12.0 Å². The Morgan fingerprint density at radius 1 is 1.19 bits per heavy atom. The molecular formula is C8H11F5O2S. The first-order valence-corrected chi connectivity index (χ1v) is 5.32. The molecule has 0 heterocycles. The van der Waals surface area contributed by atoms with E-state index in [9.17, 15) is 26.7 Å². The van der Waals surface area contributed by atoms with Crippen LogP contribution in [0.3, 0.4) is 0 Å². The van der Waals surface area contributed by atoms with Crippen LogP contribution in [-0.2, 0) is 8.98 Å². The third-order valence-corrected chi connectivity index (χ3v) is 2.37. The number of carbonyl (C=O) groups is 1. The van der Waals surface area contributed by atoms with Crippen LogP contribution in [0, 0.1) is 0 Å². The van der Waals surface area contributed by atoms with Gasteiger partial charge in [-0.1, -0.05) is 0 Å². The van der Waals surface area contributed by atoms with Crippen molar-refractivity contribution in [3.8, 4) is 0 Å². The summed E-state index contributed by atoms with van der Waals surface area (Å²) in [7, 11) is 0. The van der Waals surface area contributed by atoms with Gasteiger partial charge in [0.05, 0.1) is 12.0 Å². The van der Waals surface area contributed by atoms with Gasteiger partial charge in [-0.05, 0) is 12.8 Å². The molecule has 0 aromatic rings. The smallest absolute Gasteiger partial charge is 0.392 e. The van der Waals surface area contributed by atoms with E-state index in [-0.39, 0.29) is 18.6 Å². The molecule has 0 aliphatic carbocycles. The molecule has 0 aliphatic rings. The number of halogens is 5. The molecule has 0 aromatic heterocycles. The van der Waals surface area contributed by atoms with Gasteiger partial charge in [-0.15, -0.1) is 0 Å². The molecule has 8 heteroatoms. The monoisotopic (exact) mass is 266 g/mol.